The smallest absolute Gasteiger partial charge is 0.323 e. The Bertz CT molecular complexity index is 385. The minimum atomic E-state index is -1.23. The largest absolute Gasteiger partial charge is 0.494 e. The number of rotatable bonds is 7. The number of carboxylic acids is 1. The fraction of sp³-hybridized carbons (Fsp3) is 0.500. The molecule has 4 heteroatoms. The molecule has 0 saturated heterocycles. The van der Waals surface area contributed by atoms with Crippen molar-refractivity contribution in [1.82, 2.24) is 0 Å². The zero-order chi connectivity index (χ0) is 13.6. The summed E-state index contributed by atoms with van der Waals surface area (Å²) in [5, 5.41) is 8.85. The minimum absolute atomic E-state index is 0.277. The summed E-state index contributed by atoms with van der Waals surface area (Å²) in [4.78, 5) is 10.8. The zero-order valence-electron chi connectivity index (χ0n) is 11.0. The molecule has 0 radical (unpaired) electrons. The molecule has 1 unspecified atom stereocenters. The zero-order valence-corrected chi connectivity index (χ0v) is 11.0. The Hall–Kier alpha value is -1.55. The lowest BCUT2D eigenvalue weighted by molar-refractivity contribution is -0.143. The Balaban J connectivity index is 2.42. The first-order valence-corrected chi connectivity index (χ1v) is 6.19. The molecular weight excluding hydrogens is 230 g/mol. The topological polar surface area (TPSA) is 72.5 Å². The Morgan fingerprint density at radius 2 is 2.00 bits per heavy atom. The van der Waals surface area contributed by atoms with Gasteiger partial charge in [-0.1, -0.05) is 25.5 Å². The van der Waals surface area contributed by atoms with Crippen LogP contribution >= 0.6 is 0 Å². The van der Waals surface area contributed by atoms with E-state index in [4.69, 9.17) is 15.6 Å². The second kappa shape index (κ2) is 6.40. The highest BCUT2D eigenvalue weighted by molar-refractivity contribution is 5.77. The van der Waals surface area contributed by atoms with Crippen LogP contribution in [0, 0.1) is 0 Å². The fourth-order valence-electron chi connectivity index (χ4n) is 1.53. The SMILES string of the molecule is CCCc1ccc(OCCC(C)(N)C(=O)O)cc1. The highest BCUT2D eigenvalue weighted by Gasteiger charge is 2.27. The van der Waals surface area contributed by atoms with Gasteiger partial charge in [0.1, 0.15) is 11.3 Å². The van der Waals surface area contributed by atoms with E-state index in [0.717, 1.165) is 18.6 Å². The quantitative estimate of drug-likeness (QED) is 0.779. The van der Waals surface area contributed by atoms with Crippen LogP contribution in [0.15, 0.2) is 24.3 Å². The fourth-order valence-corrected chi connectivity index (χ4v) is 1.53. The molecule has 0 saturated carbocycles. The summed E-state index contributed by atoms with van der Waals surface area (Å²) >= 11 is 0. The lowest BCUT2D eigenvalue weighted by Crippen LogP contribution is -2.45. The van der Waals surface area contributed by atoms with Crippen LogP contribution in [0.2, 0.25) is 0 Å². The summed E-state index contributed by atoms with van der Waals surface area (Å²) in [6.45, 7) is 3.92. The first kappa shape index (κ1) is 14.5. The molecule has 3 N–H and O–H groups in total. The van der Waals surface area contributed by atoms with E-state index >= 15 is 0 Å². The molecule has 1 rings (SSSR count). The van der Waals surface area contributed by atoms with E-state index in [1.54, 1.807) is 0 Å². The van der Waals surface area contributed by atoms with Gasteiger partial charge in [-0.2, -0.15) is 0 Å². The molecule has 0 amide bonds. The maximum absolute atomic E-state index is 10.8. The first-order chi connectivity index (χ1) is 8.45. The van der Waals surface area contributed by atoms with Gasteiger partial charge in [0.25, 0.3) is 0 Å². The van der Waals surface area contributed by atoms with Crippen LogP contribution in [-0.4, -0.2) is 23.2 Å². The van der Waals surface area contributed by atoms with Gasteiger partial charge in [-0.05, 0) is 31.0 Å². The van der Waals surface area contributed by atoms with Crippen molar-refractivity contribution in [2.75, 3.05) is 6.61 Å². The van der Waals surface area contributed by atoms with Crippen LogP contribution < -0.4 is 10.5 Å². The third kappa shape index (κ3) is 4.37. The van der Waals surface area contributed by atoms with E-state index in [9.17, 15) is 4.79 Å². The maximum atomic E-state index is 10.8. The lowest BCUT2D eigenvalue weighted by atomic mass is 10.0. The van der Waals surface area contributed by atoms with Gasteiger partial charge in [0, 0.05) is 6.42 Å². The molecule has 1 atom stereocenters. The van der Waals surface area contributed by atoms with Gasteiger partial charge in [0.05, 0.1) is 6.61 Å². The molecule has 18 heavy (non-hydrogen) atoms. The predicted molar refractivity (Wildman–Crippen MR) is 70.8 cm³/mol. The highest BCUT2D eigenvalue weighted by atomic mass is 16.5. The van der Waals surface area contributed by atoms with Gasteiger partial charge in [0.15, 0.2) is 0 Å². The molecule has 1 aromatic rings. The predicted octanol–water partition coefficient (Wildman–Crippen LogP) is 2.21. The monoisotopic (exact) mass is 251 g/mol. The molecule has 4 nitrogen and oxygen atoms in total. The van der Waals surface area contributed by atoms with E-state index in [-0.39, 0.29) is 6.42 Å². The third-order valence-corrected chi connectivity index (χ3v) is 2.84. The normalized spacial score (nSPS) is 13.9. The second-order valence-electron chi connectivity index (χ2n) is 4.72. The number of ether oxygens (including phenoxy) is 1. The Labute approximate surface area is 108 Å². The summed E-state index contributed by atoms with van der Waals surface area (Å²) in [5.74, 6) is -0.263. The molecule has 0 heterocycles. The van der Waals surface area contributed by atoms with Crippen LogP contribution in [0.1, 0.15) is 32.3 Å². The summed E-state index contributed by atoms with van der Waals surface area (Å²) in [6.07, 6.45) is 2.45. The highest BCUT2D eigenvalue weighted by Crippen LogP contribution is 2.15. The van der Waals surface area contributed by atoms with E-state index in [1.807, 2.05) is 24.3 Å². The summed E-state index contributed by atoms with van der Waals surface area (Å²) in [6, 6.07) is 7.86. The van der Waals surface area contributed by atoms with Gasteiger partial charge in [-0.25, -0.2) is 0 Å². The average Bonchev–Trinajstić information content (AvgIpc) is 2.31. The van der Waals surface area contributed by atoms with E-state index in [2.05, 4.69) is 6.92 Å². The first-order valence-electron chi connectivity index (χ1n) is 6.19. The number of nitrogens with two attached hydrogens (primary N) is 1. The molecular formula is C14H21NO3. The van der Waals surface area contributed by atoms with Crippen molar-refractivity contribution in [3.8, 4) is 5.75 Å². The molecule has 0 bridgehead atoms. The molecule has 1 aromatic carbocycles. The number of aryl methyl sites for hydroxylation is 1. The molecule has 0 aliphatic heterocycles. The van der Waals surface area contributed by atoms with Crippen LogP contribution in [0.5, 0.6) is 5.75 Å². The van der Waals surface area contributed by atoms with Crippen LogP contribution in [0.3, 0.4) is 0 Å². The number of hydrogen-bond acceptors (Lipinski definition) is 3. The van der Waals surface area contributed by atoms with Crippen molar-refractivity contribution in [3.63, 3.8) is 0 Å². The molecule has 0 aliphatic rings. The van der Waals surface area contributed by atoms with Crippen LogP contribution in [0.4, 0.5) is 0 Å². The number of hydrogen-bond donors (Lipinski definition) is 2. The number of carbonyl (C=O) groups is 1. The van der Waals surface area contributed by atoms with E-state index in [1.165, 1.54) is 12.5 Å². The van der Waals surface area contributed by atoms with E-state index in [0.29, 0.717) is 6.61 Å². The van der Waals surface area contributed by atoms with Crippen molar-refractivity contribution >= 4 is 5.97 Å². The molecule has 0 spiro atoms. The molecule has 100 valence electrons. The summed E-state index contributed by atoms with van der Waals surface area (Å²) < 4.78 is 5.48. The second-order valence-corrected chi connectivity index (χ2v) is 4.72. The number of benzene rings is 1. The maximum Gasteiger partial charge on any atom is 0.323 e. The average molecular weight is 251 g/mol. The van der Waals surface area contributed by atoms with Gasteiger partial charge in [-0.3, -0.25) is 4.79 Å². The summed E-state index contributed by atoms with van der Waals surface area (Å²) in [7, 11) is 0. The van der Waals surface area contributed by atoms with Crippen LogP contribution in [0.25, 0.3) is 0 Å². The van der Waals surface area contributed by atoms with Crippen molar-refractivity contribution in [3.05, 3.63) is 29.8 Å². The van der Waals surface area contributed by atoms with E-state index < -0.39 is 11.5 Å². The van der Waals surface area contributed by atoms with Gasteiger partial charge >= 0.3 is 5.97 Å². The molecule has 0 fully saturated rings. The third-order valence-electron chi connectivity index (χ3n) is 2.84. The Kier molecular flexibility index (Phi) is 5.16. The lowest BCUT2D eigenvalue weighted by Gasteiger charge is -2.19. The Morgan fingerprint density at radius 3 is 2.50 bits per heavy atom. The van der Waals surface area contributed by atoms with Crippen molar-refractivity contribution in [1.29, 1.82) is 0 Å². The van der Waals surface area contributed by atoms with Crippen molar-refractivity contribution in [2.24, 2.45) is 5.73 Å². The Morgan fingerprint density at radius 1 is 1.39 bits per heavy atom. The molecule has 0 aromatic heterocycles. The van der Waals surface area contributed by atoms with Crippen LogP contribution in [-0.2, 0) is 11.2 Å². The minimum Gasteiger partial charge on any atom is -0.494 e. The van der Waals surface area contributed by atoms with Gasteiger partial charge in [0.2, 0.25) is 0 Å². The van der Waals surface area contributed by atoms with Crippen molar-refractivity contribution < 1.29 is 14.6 Å². The number of aliphatic carboxylic acids is 1. The summed E-state index contributed by atoms with van der Waals surface area (Å²) in [5.41, 5.74) is 5.65. The molecule has 0 aliphatic carbocycles. The van der Waals surface area contributed by atoms with Crippen molar-refractivity contribution in [2.45, 2.75) is 38.6 Å². The number of carboxylic acid groups (broad SMARTS) is 1. The standard InChI is InChI=1S/C14H21NO3/c1-3-4-11-5-7-12(8-6-11)18-10-9-14(2,15)13(16)17/h5-8H,3-4,9-10,15H2,1-2H3,(H,16,17). The van der Waals surface area contributed by atoms with Gasteiger partial charge < -0.3 is 15.6 Å². The van der Waals surface area contributed by atoms with Gasteiger partial charge in [-0.15, -0.1) is 0 Å².